The van der Waals surface area contributed by atoms with E-state index in [0.717, 1.165) is 189 Å². The topological polar surface area (TPSA) is 437 Å². The van der Waals surface area contributed by atoms with Crippen molar-refractivity contribution in [2.24, 2.45) is 57.9 Å². The first-order chi connectivity index (χ1) is 63.2. The van der Waals surface area contributed by atoms with Gasteiger partial charge in [-0.3, -0.25) is 4.79 Å². The number of nitrogens with one attached hydrogen (secondary N) is 5. The lowest BCUT2D eigenvalue weighted by Crippen LogP contribution is -2.53. The maximum absolute atomic E-state index is 14.5. The molecule has 34 nitrogen and oxygen atoms in total. The van der Waals surface area contributed by atoms with Gasteiger partial charge in [-0.25, -0.2) is 57.4 Å². The molecule has 0 radical (unpaired) electrons. The molecule has 131 heavy (non-hydrogen) atoms. The predicted molar refractivity (Wildman–Crippen MR) is 482 cm³/mol. The summed E-state index contributed by atoms with van der Waals surface area (Å²) < 4.78 is 81.7. The fraction of sp³-hybridized carbons (Fsp3) is 0.387. The fourth-order valence-electron chi connectivity index (χ4n) is 21.6. The van der Waals surface area contributed by atoms with Gasteiger partial charge in [0, 0.05) is 181 Å². The van der Waals surface area contributed by atoms with Gasteiger partial charge in [0.1, 0.15) is 75.4 Å². The van der Waals surface area contributed by atoms with E-state index in [0.29, 0.717) is 126 Å². The van der Waals surface area contributed by atoms with Crippen molar-refractivity contribution < 1.29 is 41.3 Å². The van der Waals surface area contributed by atoms with Gasteiger partial charge in [0.2, 0.25) is 5.91 Å². The van der Waals surface area contributed by atoms with Crippen molar-refractivity contribution in [3.8, 4) is 91.5 Å². The number of carbonyl (C=O) groups excluding carboxylic acids is 1. The van der Waals surface area contributed by atoms with Crippen LogP contribution in [0.3, 0.4) is 0 Å². The molecule has 13 N–H and O–H groups in total. The van der Waals surface area contributed by atoms with Crippen LogP contribution in [0.15, 0.2) is 98.1 Å². The lowest BCUT2D eigenvalue weighted by molar-refractivity contribution is -0.120. The van der Waals surface area contributed by atoms with E-state index in [2.05, 4.69) is 98.0 Å². The van der Waals surface area contributed by atoms with Crippen LogP contribution in [0, 0.1) is 86.0 Å². The molecule has 5 saturated heterocycles. The van der Waals surface area contributed by atoms with Gasteiger partial charge in [-0.1, -0.05) is 6.92 Å². The molecular formula is C93H97F4N29O5. The number of hydrogen-bond donors (Lipinski definition) is 9. The molecule has 3 unspecified atom stereocenters. The van der Waals surface area contributed by atoms with Crippen molar-refractivity contribution in [3.63, 3.8) is 0 Å². The number of rotatable bonds is 17. The smallest absolute Gasteiger partial charge is 0.324 e. The molecule has 12 aliphatic rings. The molecular weight excluding hydrogens is 1680 g/mol. The van der Waals surface area contributed by atoms with E-state index in [9.17, 15) is 22.4 Å². The number of anilines is 8. The molecule has 4 aromatic carbocycles. The summed E-state index contributed by atoms with van der Waals surface area (Å²) in [7, 11) is 7.17. The van der Waals surface area contributed by atoms with Crippen molar-refractivity contribution in [1.82, 2.24) is 85.1 Å². The second kappa shape index (κ2) is 32.7. The quantitative estimate of drug-likeness (QED) is 0.0382. The minimum Gasteiger partial charge on any atom is -0.421 e. The molecule has 5 aliphatic heterocycles. The maximum atomic E-state index is 14.5. The first-order valence-electron chi connectivity index (χ1n) is 44.1. The number of aryl methyl sites for hydroxylation is 4. The second-order valence-electron chi connectivity index (χ2n) is 36.1. The molecule has 7 aliphatic carbocycles. The number of carbonyl (C=O) groups is 1. The summed E-state index contributed by atoms with van der Waals surface area (Å²) in [5.74, 6) is 7.13. The summed E-state index contributed by atoms with van der Waals surface area (Å²) >= 11 is 0. The lowest BCUT2D eigenvalue weighted by Gasteiger charge is -2.46. The van der Waals surface area contributed by atoms with Crippen LogP contribution in [0.2, 0.25) is 0 Å². The number of halogens is 4. The fourth-order valence-corrected chi connectivity index (χ4v) is 21.6. The van der Waals surface area contributed by atoms with Crippen LogP contribution in [0.5, 0.6) is 47.0 Å². The summed E-state index contributed by atoms with van der Waals surface area (Å²) in [6.45, 7) is 15.9. The Hall–Kier alpha value is -13.9. The molecule has 0 spiro atoms. The first kappa shape index (κ1) is 84.0. The van der Waals surface area contributed by atoms with Gasteiger partial charge in [-0.15, -0.1) is 0 Å². The third-order valence-electron chi connectivity index (χ3n) is 28.1. The minimum absolute atomic E-state index is 0.0493. The Morgan fingerprint density at radius 2 is 0.779 bits per heavy atom. The Morgan fingerprint density at radius 3 is 1.10 bits per heavy atom. The van der Waals surface area contributed by atoms with Gasteiger partial charge < -0.3 is 88.1 Å². The molecule has 3 saturated carbocycles. The Kier molecular flexibility index (Phi) is 20.9. The molecule has 13 heterocycles. The van der Waals surface area contributed by atoms with Crippen LogP contribution >= 0.6 is 0 Å². The third-order valence-corrected chi connectivity index (χ3v) is 28.1. The van der Waals surface area contributed by atoms with Crippen molar-refractivity contribution >= 4 is 51.9 Å². The summed E-state index contributed by atoms with van der Waals surface area (Å²) in [5.41, 5.74) is 40.6. The number of benzene rings is 4. The average molecular weight is 1780 g/mol. The molecule has 38 heteroatoms. The van der Waals surface area contributed by atoms with Crippen LogP contribution in [-0.4, -0.2) is 196 Å². The van der Waals surface area contributed by atoms with Crippen molar-refractivity contribution in [1.29, 1.82) is 0 Å². The van der Waals surface area contributed by atoms with E-state index in [1.165, 1.54) is 30.3 Å². The molecule has 8 fully saturated rings. The van der Waals surface area contributed by atoms with E-state index >= 15 is 0 Å². The molecule has 24 rings (SSSR count). The number of piperidine rings is 2. The largest absolute Gasteiger partial charge is 0.421 e. The zero-order valence-corrected chi connectivity index (χ0v) is 73.6. The molecule has 672 valence electrons. The third kappa shape index (κ3) is 15.1. The Labute approximate surface area is 750 Å². The highest BCUT2D eigenvalue weighted by Gasteiger charge is 2.70. The number of aromatic nitrogens is 16. The number of ether oxygens (including phenoxy) is 4. The van der Waals surface area contributed by atoms with Crippen molar-refractivity contribution in [2.75, 3.05) is 121 Å². The van der Waals surface area contributed by atoms with Crippen LogP contribution in [0.25, 0.3) is 44.5 Å². The first-order valence-corrected chi connectivity index (χ1v) is 44.1. The van der Waals surface area contributed by atoms with E-state index < -0.39 is 11.4 Å². The summed E-state index contributed by atoms with van der Waals surface area (Å²) in [6, 6.07) is 14.4. The number of amides is 1. The molecule has 11 atom stereocenters. The SMILES string of the molecule is CNc1cc(F)cc2c1Cc1nc(Oc3cnc(C)nc3)nc(N3CC4CC3C[C@H]4N)c1-2.CNc1cc(F)cc2c1Cc1nc(Oc3cnc(C)nc3)nc(N3C[C@@H]4CCN[C@@H]4C3)c1-2.CNc1cc(F)cc2c1Cc1nc(Oc3cnc(C)nc3)nc(N3C[C@@H]4[C@H](C3)C4(N)C(N)=O)c1-2.CNc1cc(F)cc2c1Cc1nc(Oc3cnc(C)nc3)nc(N3C[C@@H]4[C@H](N)C[C@]4(C)C3)c1-2. The molecule has 8 aromatic heterocycles. The molecule has 2 bridgehead atoms. The summed E-state index contributed by atoms with van der Waals surface area (Å²) in [4.78, 5) is 92.2. The van der Waals surface area contributed by atoms with Crippen LogP contribution in [0.1, 0.15) is 101 Å². The Bertz CT molecular complexity index is 6560. The zero-order valence-electron chi connectivity index (χ0n) is 73.6. The standard InChI is InChI=1S/C24H26FN7O.C23H23FN8O2.2C23H24FN7O/c1-12-28-8-14(9-29-12)33-23-30-20-6-15-16(4-13(25)5-19(15)27-3)21(20)22(31-23)32-10-17-18(26)7-24(17,2)11-32;1-10-28-6-12(7-29-10)34-22-30-18-5-13-14(3-11(24)4-17(13)27-2)19(18)20(31-22)32-8-15-16(9-32)23(15,26)21(25)33;1-11-27-8-15(9-28-11)32-23-29-20-7-16-17(4-13(24)5-19(16)26-2)21(20)22(30-23)31-10-12-3-14(31)6-18(12)25;1-12-27-8-15(9-28-12)32-23-29-19-7-16-17(5-14(24)6-18(16)25-2)21(19)22(30-23)31-10-13-3-4-26-20(13)11-31/h4-5,8-9,17-18,27H,6-7,10-11,26H2,1-3H3;3-4,6-7,15-16,27H,5,8-9,26H2,1-2H3,(H2,25,33);4-5,8-9,12,14,18,26H,3,6-7,10,25H2,1-2H3;5-6,8-9,13,20,25-26H,3-4,7,10-11H2,1-2H3/t17-,18-,24-;15-,16+,23?;12?,14?,18-;13-,20+/m1.10/s1. The normalized spacial score (nSPS) is 23.0. The predicted octanol–water partition coefficient (Wildman–Crippen LogP) is 10.6. The Balaban J connectivity index is 0.000000106. The maximum Gasteiger partial charge on any atom is 0.324 e. The van der Waals surface area contributed by atoms with Gasteiger partial charge in [0.05, 0.1) is 72.4 Å². The van der Waals surface area contributed by atoms with E-state index in [1.807, 2.05) is 27.8 Å². The van der Waals surface area contributed by atoms with Gasteiger partial charge in [-0.05, 0) is 176 Å². The number of hydrogen-bond acceptors (Lipinski definition) is 33. The molecule has 1 amide bonds. The van der Waals surface area contributed by atoms with Gasteiger partial charge in [0.15, 0.2) is 23.0 Å². The van der Waals surface area contributed by atoms with E-state index in [1.54, 1.807) is 95.8 Å². The zero-order chi connectivity index (χ0) is 90.5. The number of nitrogens with two attached hydrogens (primary N) is 4. The number of primary amides is 1. The summed E-state index contributed by atoms with van der Waals surface area (Å²) in [5, 5.41) is 16.0. The van der Waals surface area contributed by atoms with Gasteiger partial charge in [-0.2, -0.15) is 39.9 Å². The minimum atomic E-state index is -0.978. The highest BCUT2D eigenvalue weighted by atomic mass is 19.1. The summed E-state index contributed by atoms with van der Waals surface area (Å²) in [6.07, 6.45) is 19.2. The highest BCUT2D eigenvalue weighted by Crippen LogP contribution is 2.59. The van der Waals surface area contributed by atoms with Gasteiger partial charge in [0.25, 0.3) is 0 Å². The second-order valence-corrected chi connectivity index (χ2v) is 36.1. The number of fused-ring (bicyclic) bond motifs is 17. The highest BCUT2D eigenvalue weighted by molar-refractivity contribution is 5.94. The molecule has 12 aromatic rings. The van der Waals surface area contributed by atoms with E-state index in [-0.39, 0.29) is 76.6 Å². The van der Waals surface area contributed by atoms with Crippen LogP contribution in [-0.2, 0) is 30.5 Å². The Morgan fingerprint density at radius 1 is 0.435 bits per heavy atom. The monoisotopic (exact) mass is 1780 g/mol. The van der Waals surface area contributed by atoms with Crippen LogP contribution in [0.4, 0.5) is 63.6 Å². The number of nitrogens with zero attached hydrogens (tertiary/aromatic N) is 20. The van der Waals surface area contributed by atoms with Crippen LogP contribution < -0.4 is 88.1 Å². The lowest BCUT2D eigenvalue weighted by atomic mass is 9.60. The van der Waals surface area contributed by atoms with Gasteiger partial charge >= 0.3 is 24.0 Å². The van der Waals surface area contributed by atoms with Crippen molar-refractivity contribution in [3.05, 3.63) is 190 Å². The average Bonchev–Trinajstić information content (AvgIpc) is 1.52. The van der Waals surface area contributed by atoms with Crippen molar-refractivity contribution in [2.45, 2.75) is 116 Å². The van der Waals surface area contributed by atoms with E-state index in [4.69, 9.17) is 76.8 Å².